The van der Waals surface area contributed by atoms with Crippen molar-refractivity contribution in [3.63, 3.8) is 0 Å². The van der Waals surface area contributed by atoms with Crippen LogP contribution in [0.1, 0.15) is 19.8 Å². The molecular formula is C8H17NO3S. The van der Waals surface area contributed by atoms with Gasteiger partial charge >= 0.3 is 0 Å². The van der Waals surface area contributed by atoms with Crippen molar-refractivity contribution in [2.45, 2.75) is 25.8 Å². The zero-order valence-corrected chi connectivity index (χ0v) is 8.92. The van der Waals surface area contributed by atoms with E-state index in [0.29, 0.717) is 6.54 Å². The molecule has 0 saturated carbocycles. The Labute approximate surface area is 79.6 Å². The quantitative estimate of drug-likeness (QED) is 0.711. The SMILES string of the molecule is CCC1C(CO)CCN1S(C)(=O)=O. The van der Waals surface area contributed by atoms with Gasteiger partial charge in [0.15, 0.2) is 0 Å². The van der Waals surface area contributed by atoms with Crippen molar-refractivity contribution in [2.75, 3.05) is 19.4 Å². The fourth-order valence-corrected chi connectivity index (χ4v) is 3.30. The minimum Gasteiger partial charge on any atom is -0.396 e. The molecule has 0 aromatic carbocycles. The van der Waals surface area contributed by atoms with Gasteiger partial charge in [-0.15, -0.1) is 0 Å². The van der Waals surface area contributed by atoms with Crippen molar-refractivity contribution in [3.05, 3.63) is 0 Å². The Morgan fingerprint density at radius 3 is 2.54 bits per heavy atom. The summed E-state index contributed by atoms with van der Waals surface area (Å²) >= 11 is 0. The highest BCUT2D eigenvalue weighted by Crippen LogP contribution is 2.28. The molecule has 0 aromatic rings. The summed E-state index contributed by atoms with van der Waals surface area (Å²) in [5.74, 6) is 0.125. The third-order valence-electron chi connectivity index (χ3n) is 2.71. The number of aliphatic hydroxyl groups is 1. The molecule has 0 aromatic heterocycles. The first-order valence-electron chi connectivity index (χ1n) is 4.58. The lowest BCUT2D eigenvalue weighted by Gasteiger charge is -2.23. The number of rotatable bonds is 3. The number of hydrogen-bond acceptors (Lipinski definition) is 3. The molecule has 1 aliphatic heterocycles. The van der Waals surface area contributed by atoms with E-state index >= 15 is 0 Å². The molecule has 13 heavy (non-hydrogen) atoms. The van der Waals surface area contributed by atoms with E-state index in [2.05, 4.69) is 0 Å². The summed E-state index contributed by atoms with van der Waals surface area (Å²) in [6.45, 7) is 2.60. The van der Waals surface area contributed by atoms with Crippen LogP contribution in [-0.2, 0) is 10.0 Å². The summed E-state index contributed by atoms with van der Waals surface area (Å²) in [7, 11) is -3.08. The third kappa shape index (κ3) is 2.21. The first-order valence-corrected chi connectivity index (χ1v) is 6.43. The topological polar surface area (TPSA) is 57.6 Å². The van der Waals surface area contributed by atoms with E-state index in [1.807, 2.05) is 6.92 Å². The maximum atomic E-state index is 11.3. The van der Waals surface area contributed by atoms with E-state index in [1.165, 1.54) is 10.6 Å². The zero-order chi connectivity index (χ0) is 10.1. The van der Waals surface area contributed by atoms with Crippen molar-refractivity contribution in [3.8, 4) is 0 Å². The van der Waals surface area contributed by atoms with Gasteiger partial charge in [-0.1, -0.05) is 6.92 Å². The second-order valence-corrected chi connectivity index (χ2v) is 5.52. The smallest absolute Gasteiger partial charge is 0.211 e. The van der Waals surface area contributed by atoms with E-state index in [1.54, 1.807) is 0 Å². The molecular weight excluding hydrogens is 190 g/mol. The summed E-state index contributed by atoms with van der Waals surface area (Å²) < 4.78 is 24.1. The second-order valence-electron chi connectivity index (χ2n) is 3.58. The van der Waals surface area contributed by atoms with Gasteiger partial charge in [-0.25, -0.2) is 8.42 Å². The van der Waals surface area contributed by atoms with E-state index in [4.69, 9.17) is 5.11 Å². The van der Waals surface area contributed by atoms with Crippen LogP contribution in [0.25, 0.3) is 0 Å². The van der Waals surface area contributed by atoms with Crippen LogP contribution in [-0.4, -0.2) is 43.3 Å². The van der Waals surface area contributed by atoms with Crippen LogP contribution in [0.15, 0.2) is 0 Å². The molecule has 0 bridgehead atoms. The molecule has 0 amide bonds. The fraction of sp³-hybridized carbons (Fsp3) is 1.00. The minimum atomic E-state index is -3.08. The lowest BCUT2D eigenvalue weighted by molar-refractivity contribution is 0.196. The van der Waals surface area contributed by atoms with Gasteiger partial charge in [0.2, 0.25) is 10.0 Å². The highest BCUT2D eigenvalue weighted by atomic mass is 32.2. The second kappa shape index (κ2) is 3.94. The van der Waals surface area contributed by atoms with Gasteiger partial charge < -0.3 is 5.11 Å². The standard InChI is InChI=1S/C8H17NO3S/c1-3-8-7(6-10)4-5-9(8)13(2,11)12/h7-8,10H,3-6H2,1-2H3. The summed E-state index contributed by atoms with van der Waals surface area (Å²) in [5, 5.41) is 9.03. The predicted molar refractivity (Wildman–Crippen MR) is 50.8 cm³/mol. The van der Waals surface area contributed by atoms with Crippen molar-refractivity contribution < 1.29 is 13.5 Å². The summed E-state index contributed by atoms with van der Waals surface area (Å²) in [5.41, 5.74) is 0. The molecule has 0 aliphatic carbocycles. The van der Waals surface area contributed by atoms with Gasteiger partial charge in [0.05, 0.1) is 6.26 Å². The predicted octanol–water partition coefficient (Wildman–Crippen LogP) is 0.0388. The van der Waals surface area contributed by atoms with Gasteiger partial charge in [0.25, 0.3) is 0 Å². The molecule has 0 radical (unpaired) electrons. The summed E-state index contributed by atoms with van der Waals surface area (Å²) in [6, 6.07) is -0.000000000000000222. The van der Waals surface area contributed by atoms with E-state index in [9.17, 15) is 8.42 Å². The normalized spacial score (nSPS) is 31.0. The highest BCUT2D eigenvalue weighted by Gasteiger charge is 2.37. The van der Waals surface area contributed by atoms with E-state index in [0.717, 1.165) is 12.8 Å². The molecule has 1 fully saturated rings. The number of aliphatic hydroxyl groups excluding tert-OH is 1. The zero-order valence-electron chi connectivity index (χ0n) is 8.10. The molecule has 1 aliphatic rings. The largest absolute Gasteiger partial charge is 0.396 e. The van der Waals surface area contributed by atoms with E-state index < -0.39 is 10.0 Å². The van der Waals surface area contributed by atoms with Crippen molar-refractivity contribution in [1.82, 2.24) is 4.31 Å². The monoisotopic (exact) mass is 207 g/mol. The molecule has 1 saturated heterocycles. The average Bonchev–Trinajstić information content (AvgIpc) is 2.45. The van der Waals surface area contributed by atoms with Crippen LogP contribution in [0.5, 0.6) is 0 Å². The Kier molecular flexibility index (Phi) is 3.32. The van der Waals surface area contributed by atoms with Crippen molar-refractivity contribution >= 4 is 10.0 Å². The van der Waals surface area contributed by atoms with Gasteiger partial charge in [-0.05, 0) is 18.8 Å². The maximum absolute atomic E-state index is 11.3. The first-order chi connectivity index (χ1) is 6.00. The molecule has 78 valence electrons. The Hall–Kier alpha value is -0.130. The van der Waals surface area contributed by atoms with Gasteiger partial charge in [0, 0.05) is 19.2 Å². The molecule has 2 unspecified atom stereocenters. The first kappa shape index (κ1) is 10.9. The Morgan fingerprint density at radius 1 is 1.54 bits per heavy atom. The van der Waals surface area contributed by atoms with Crippen LogP contribution >= 0.6 is 0 Å². The lowest BCUT2D eigenvalue weighted by atomic mass is 10.0. The van der Waals surface area contributed by atoms with E-state index in [-0.39, 0.29) is 18.6 Å². The Morgan fingerprint density at radius 2 is 2.15 bits per heavy atom. The Bertz CT molecular complexity index is 263. The van der Waals surface area contributed by atoms with Crippen LogP contribution in [0, 0.1) is 5.92 Å². The fourth-order valence-electron chi connectivity index (χ4n) is 2.05. The lowest BCUT2D eigenvalue weighted by Crippen LogP contribution is -2.37. The summed E-state index contributed by atoms with van der Waals surface area (Å²) in [6.07, 6.45) is 2.79. The molecule has 1 heterocycles. The van der Waals surface area contributed by atoms with Crippen LogP contribution in [0.4, 0.5) is 0 Å². The molecule has 1 rings (SSSR count). The highest BCUT2D eigenvalue weighted by molar-refractivity contribution is 7.88. The van der Waals surface area contributed by atoms with Crippen molar-refractivity contribution in [2.24, 2.45) is 5.92 Å². The van der Waals surface area contributed by atoms with Gasteiger partial charge in [-0.3, -0.25) is 0 Å². The van der Waals surface area contributed by atoms with Gasteiger partial charge in [0.1, 0.15) is 0 Å². The van der Waals surface area contributed by atoms with Crippen LogP contribution in [0.2, 0.25) is 0 Å². The number of nitrogens with zero attached hydrogens (tertiary/aromatic N) is 1. The van der Waals surface area contributed by atoms with Crippen LogP contribution in [0.3, 0.4) is 0 Å². The molecule has 4 nitrogen and oxygen atoms in total. The molecule has 2 atom stereocenters. The minimum absolute atomic E-state index is 0.000000000000000222. The van der Waals surface area contributed by atoms with Gasteiger partial charge in [-0.2, -0.15) is 4.31 Å². The third-order valence-corrected chi connectivity index (χ3v) is 4.02. The molecule has 0 spiro atoms. The van der Waals surface area contributed by atoms with Crippen molar-refractivity contribution in [1.29, 1.82) is 0 Å². The number of sulfonamides is 1. The molecule has 1 N–H and O–H groups in total. The number of hydrogen-bond donors (Lipinski definition) is 1. The van der Waals surface area contributed by atoms with Crippen LogP contribution < -0.4 is 0 Å². The maximum Gasteiger partial charge on any atom is 0.211 e. The average molecular weight is 207 g/mol. The Balaban J connectivity index is 2.80. The summed E-state index contributed by atoms with van der Waals surface area (Å²) in [4.78, 5) is 0. The molecule has 5 heteroatoms.